The fourth-order valence-electron chi connectivity index (χ4n) is 3.52. The standard InChI is InChI=1S/C22H29N3OS/c1-16-5-4-14-25(15-16)20-10-6-18(7-11-20)17(2)23-22(27)24-19-8-12-21(26-3)13-9-19/h6-13,16-17H,4-5,14-15H2,1-3H3,(H2,23,24,27)/t16-,17+/m1/s1. The monoisotopic (exact) mass is 383 g/mol. The molecule has 1 saturated heterocycles. The summed E-state index contributed by atoms with van der Waals surface area (Å²) < 4.78 is 5.18. The molecule has 0 saturated carbocycles. The van der Waals surface area contributed by atoms with Gasteiger partial charge in [0, 0.05) is 24.5 Å². The number of rotatable bonds is 5. The van der Waals surface area contributed by atoms with Crippen LogP contribution in [-0.4, -0.2) is 25.3 Å². The molecule has 0 aliphatic carbocycles. The fourth-order valence-corrected chi connectivity index (χ4v) is 3.81. The third-order valence-corrected chi connectivity index (χ3v) is 5.33. The van der Waals surface area contributed by atoms with Crippen molar-refractivity contribution in [2.75, 3.05) is 30.4 Å². The lowest BCUT2D eigenvalue weighted by Crippen LogP contribution is -2.34. The lowest BCUT2D eigenvalue weighted by Gasteiger charge is -2.33. The molecule has 2 atom stereocenters. The van der Waals surface area contributed by atoms with E-state index >= 15 is 0 Å². The highest BCUT2D eigenvalue weighted by atomic mass is 32.1. The molecule has 1 aliphatic rings. The van der Waals surface area contributed by atoms with Crippen LogP contribution in [0.4, 0.5) is 11.4 Å². The van der Waals surface area contributed by atoms with E-state index in [4.69, 9.17) is 17.0 Å². The van der Waals surface area contributed by atoms with Gasteiger partial charge in [-0.1, -0.05) is 19.1 Å². The first-order valence-corrected chi connectivity index (χ1v) is 10.0. The molecule has 5 heteroatoms. The van der Waals surface area contributed by atoms with Crippen molar-refractivity contribution in [2.24, 2.45) is 5.92 Å². The Morgan fingerprint density at radius 3 is 2.48 bits per heavy atom. The van der Waals surface area contributed by atoms with Gasteiger partial charge in [0.15, 0.2) is 5.11 Å². The number of benzene rings is 2. The van der Waals surface area contributed by atoms with E-state index in [2.05, 4.69) is 53.6 Å². The Balaban J connectivity index is 1.55. The first-order chi connectivity index (χ1) is 13.0. The van der Waals surface area contributed by atoms with Gasteiger partial charge in [-0.25, -0.2) is 0 Å². The van der Waals surface area contributed by atoms with E-state index in [1.54, 1.807) is 7.11 Å². The Morgan fingerprint density at radius 1 is 1.15 bits per heavy atom. The molecule has 1 fully saturated rings. The molecule has 1 aliphatic heterocycles. The van der Waals surface area contributed by atoms with Gasteiger partial charge in [0.1, 0.15) is 5.75 Å². The zero-order valence-corrected chi connectivity index (χ0v) is 17.2. The first-order valence-electron chi connectivity index (χ1n) is 9.61. The Bertz CT molecular complexity index is 745. The highest BCUT2D eigenvalue weighted by Gasteiger charge is 2.17. The van der Waals surface area contributed by atoms with Crippen molar-refractivity contribution >= 4 is 28.7 Å². The van der Waals surface area contributed by atoms with Gasteiger partial charge in [0.25, 0.3) is 0 Å². The summed E-state index contributed by atoms with van der Waals surface area (Å²) in [6, 6.07) is 16.7. The Kier molecular flexibility index (Phi) is 6.56. The van der Waals surface area contributed by atoms with Gasteiger partial charge < -0.3 is 20.3 Å². The maximum Gasteiger partial charge on any atom is 0.171 e. The van der Waals surface area contributed by atoms with Gasteiger partial charge in [-0.05, 0) is 79.9 Å². The van der Waals surface area contributed by atoms with Crippen LogP contribution >= 0.6 is 12.2 Å². The van der Waals surface area contributed by atoms with Crippen molar-refractivity contribution in [3.8, 4) is 5.75 Å². The van der Waals surface area contributed by atoms with Crippen LogP contribution < -0.4 is 20.3 Å². The van der Waals surface area contributed by atoms with Crippen LogP contribution in [0.15, 0.2) is 48.5 Å². The number of ether oxygens (including phenoxy) is 1. The lowest BCUT2D eigenvalue weighted by atomic mass is 9.99. The topological polar surface area (TPSA) is 36.5 Å². The van der Waals surface area contributed by atoms with Crippen LogP contribution in [0.25, 0.3) is 0 Å². The summed E-state index contributed by atoms with van der Waals surface area (Å²) in [7, 11) is 1.66. The third kappa shape index (κ3) is 5.36. The van der Waals surface area contributed by atoms with Crippen LogP contribution in [-0.2, 0) is 0 Å². The van der Waals surface area contributed by atoms with E-state index in [1.165, 1.54) is 24.1 Å². The van der Waals surface area contributed by atoms with E-state index in [0.717, 1.165) is 30.4 Å². The molecule has 0 amide bonds. The second-order valence-electron chi connectivity index (χ2n) is 7.33. The minimum Gasteiger partial charge on any atom is -0.497 e. The van der Waals surface area contributed by atoms with Crippen molar-refractivity contribution in [3.05, 3.63) is 54.1 Å². The summed E-state index contributed by atoms with van der Waals surface area (Å²) in [6.07, 6.45) is 2.63. The summed E-state index contributed by atoms with van der Waals surface area (Å²) >= 11 is 5.45. The number of nitrogens with zero attached hydrogens (tertiary/aromatic N) is 1. The molecule has 4 nitrogen and oxygen atoms in total. The molecule has 2 aromatic carbocycles. The SMILES string of the molecule is COc1ccc(NC(=S)N[C@@H](C)c2ccc(N3CCC[C@@H](C)C3)cc2)cc1. The molecule has 2 N–H and O–H groups in total. The normalized spacial score (nSPS) is 17.9. The number of methoxy groups -OCH3 is 1. The fraction of sp³-hybridized carbons (Fsp3) is 0.409. The van der Waals surface area contributed by atoms with Crippen LogP contribution in [0.3, 0.4) is 0 Å². The van der Waals surface area contributed by atoms with E-state index in [9.17, 15) is 0 Å². The van der Waals surface area contributed by atoms with Gasteiger partial charge in [-0.3, -0.25) is 0 Å². The molecule has 0 unspecified atom stereocenters. The van der Waals surface area contributed by atoms with Crippen molar-refractivity contribution in [3.63, 3.8) is 0 Å². The highest BCUT2D eigenvalue weighted by Crippen LogP contribution is 2.24. The van der Waals surface area contributed by atoms with Crippen LogP contribution in [0.1, 0.15) is 38.3 Å². The molecule has 0 radical (unpaired) electrons. The second-order valence-corrected chi connectivity index (χ2v) is 7.74. The van der Waals surface area contributed by atoms with Crippen LogP contribution in [0, 0.1) is 5.92 Å². The number of piperidine rings is 1. The van der Waals surface area contributed by atoms with E-state index in [-0.39, 0.29) is 6.04 Å². The molecule has 0 aromatic heterocycles. The minimum atomic E-state index is 0.137. The van der Waals surface area contributed by atoms with Gasteiger partial charge in [0.2, 0.25) is 0 Å². The maximum absolute atomic E-state index is 5.45. The summed E-state index contributed by atoms with van der Waals surface area (Å²) in [5, 5.41) is 7.19. The second kappa shape index (κ2) is 9.09. The summed E-state index contributed by atoms with van der Waals surface area (Å²) in [6.45, 7) is 6.78. The maximum atomic E-state index is 5.45. The number of thiocarbonyl (C=S) groups is 1. The molecular formula is C22H29N3OS. The number of anilines is 2. The molecule has 2 aromatic rings. The Morgan fingerprint density at radius 2 is 1.85 bits per heavy atom. The molecule has 0 bridgehead atoms. The number of hydrogen-bond acceptors (Lipinski definition) is 3. The quantitative estimate of drug-likeness (QED) is 0.712. The van der Waals surface area contributed by atoms with E-state index in [0.29, 0.717) is 5.11 Å². The third-order valence-electron chi connectivity index (χ3n) is 5.11. The van der Waals surface area contributed by atoms with Gasteiger partial charge in [-0.2, -0.15) is 0 Å². The average molecular weight is 384 g/mol. The molecular weight excluding hydrogens is 354 g/mol. The molecule has 3 rings (SSSR count). The molecule has 27 heavy (non-hydrogen) atoms. The Hall–Kier alpha value is -2.27. The van der Waals surface area contributed by atoms with Gasteiger partial charge in [0.05, 0.1) is 13.2 Å². The molecule has 1 heterocycles. The summed E-state index contributed by atoms with van der Waals surface area (Å²) in [4.78, 5) is 2.49. The number of hydrogen-bond donors (Lipinski definition) is 2. The van der Waals surface area contributed by atoms with Gasteiger partial charge >= 0.3 is 0 Å². The average Bonchev–Trinajstić information content (AvgIpc) is 2.68. The van der Waals surface area contributed by atoms with Crippen molar-refractivity contribution in [1.29, 1.82) is 0 Å². The minimum absolute atomic E-state index is 0.137. The van der Waals surface area contributed by atoms with Gasteiger partial charge in [-0.15, -0.1) is 0 Å². The molecule has 0 spiro atoms. The summed E-state index contributed by atoms with van der Waals surface area (Å²) in [5.41, 5.74) is 3.48. The summed E-state index contributed by atoms with van der Waals surface area (Å²) in [5.74, 6) is 1.61. The Labute approximate surface area is 167 Å². The molecule has 144 valence electrons. The smallest absolute Gasteiger partial charge is 0.171 e. The zero-order valence-electron chi connectivity index (χ0n) is 16.4. The predicted octanol–water partition coefficient (Wildman–Crippen LogP) is 4.98. The van der Waals surface area contributed by atoms with Crippen molar-refractivity contribution < 1.29 is 4.74 Å². The van der Waals surface area contributed by atoms with E-state index in [1.807, 2.05) is 24.3 Å². The predicted molar refractivity (Wildman–Crippen MR) is 118 cm³/mol. The van der Waals surface area contributed by atoms with Crippen LogP contribution in [0.5, 0.6) is 5.75 Å². The highest BCUT2D eigenvalue weighted by molar-refractivity contribution is 7.80. The number of nitrogens with one attached hydrogen (secondary N) is 2. The van der Waals surface area contributed by atoms with Crippen molar-refractivity contribution in [1.82, 2.24) is 5.32 Å². The van der Waals surface area contributed by atoms with E-state index < -0.39 is 0 Å². The lowest BCUT2D eigenvalue weighted by molar-refractivity contribution is 0.415. The zero-order chi connectivity index (χ0) is 19.2. The first kappa shape index (κ1) is 19.5. The van der Waals surface area contributed by atoms with Crippen molar-refractivity contribution in [2.45, 2.75) is 32.7 Å². The van der Waals surface area contributed by atoms with Crippen LogP contribution in [0.2, 0.25) is 0 Å². The largest absolute Gasteiger partial charge is 0.497 e.